The molecule has 0 saturated carbocycles. The normalized spacial score (nSPS) is 19.3. The molecule has 0 aliphatic carbocycles. The van der Waals surface area contributed by atoms with E-state index in [9.17, 15) is 0 Å². The van der Waals surface area contributed by atoms with Crippen molar-refractivity contribution < 1.29 is 9.26 Å². The zero-order chi connectivity index (χ0) is 15.4. The van der Waals surface area contributed by atoms with E-state index in [1.54, 1.807) is 7.11 Å². The van der Waals surface area contributed by atoms with Crippen molar-refractivity contribution in [3.05, 3.63) is 30.2 Å². The van der Waals surface area contributed by atoms with E-state index in [2.05, 4.69) is 15.0 Å². The van der Waals surface area contributed by atoms with Crippen LogP contribution in [-0.2, 0) is 6.54 Å². The van der Waals surface area contributed by atoms with Gasteiger partial charge < -0.3 is 15.0 Å². The van der Waals surface area contributed by atoms with Crippen molar-refractivity contribution in [1.82, 2.24) is 15.0 Å². The lowest BCUT2D eigenvalue weighted by Gasteiger charge is -2.30. The maximum absolute atomic E-state index is 5.77. The average Bonchev–Trinajstić information content (AvgIpc) is 3.03. The van der Waals surface area contributed by atoms with E-state index in [1.165, 1.54) is 12.8 Å². The van der Waals surface area contributed by atoms with Gasteiger partial charge in [-0.3, -0.25) is 4.90 Å². The number of rotatable bonds is 5. The number of nitrogens with zero attached hydrogens (tertiary/aromatic N) is 3. The van der Waals surface area contributed by atoms with Gasteiger partial charge in [0.25, 0.3) is 0 Å². The molecule has 0 radical (unpaired) electrons. The second-order valence-electron chi connectivity index (χ2n) is 5.72. The number of nitrogens with two attached hydrogens (primary N) is 1. The van der Waals surface area contributed by atoms with Crippen molar-refractivity contribution in [2.75, 3.05) is 26.7 Å². The standard InChI is InChI=1S/C16H22N4O2/c1-21-14-6-4-13(5-7-14)16-18-15(22-19-16)11-20-8-2-3-12(9-17)10-20/h4-7,12H,2-3,8-11,17H2,1H3. The Balaban J connectivity index is 1.65. The highest BCUT2D eigenvalue weighted by Gasteiger charge is 2.20. The summed E-state index contributed by atoms with van der Waals surface area (Å²) in [5.41, 5.74) is 6.70. The maximum atomic E-state index is 5.77. The summed E-state index contributed by atoms with van der Waals surface area (Å²) < 4.78 is 10.5. The second kappa shape index (κ2) is 6.89. The summed E-state index contributed by atoms with van der Waals surface area (Å²) in [6.45, 7) is 3.52. The van der Waals surface area contributed by atoms with Crippen LogP contribution in [-0.4, -0.2) is 41.8 Å². The largest absolute Gasteiger partial charge is 0.497 e. The minimum atomic E-state index is 0.581. The Hall–Kier alpha value is -1.92. The van der Waals surface area contributed by atoms with Crippen LogP contribution in [0.4, 0.5) is 0 Å². The Morgan fingerprint density at radius 1 is 1.36 bits per heavy atom. The third kappa shape index (κ3) is 3.45. The van der Waals surface area contributed by atoms with E-state index in [4.69, 9.17) is 15.0 Å². The molecule has 3 rings (SSSR count). The van der Waals surface area contributed by atoms with Crippen molar-refractivity contribution in [3.8, 4) is 17.1 Å². The van der Waals surface area contributed by atoms with Gasteiger partial charge in [0.1, 0.15) is 5.75 Å². The van der Waals surface area contributed by atoms with Crippen molar-refractivity contribution >= 4 is 0 Å². The Bertz CT molecular complexity index is 596. The van der Waals surface area contributed by atoms with E-state index in [0.29, 0.717) is 24.2 Å². The lowest BCUT2D eigenvalue weighted by atomic mass is 9.98. The summed E-state index contributed by atoms with van der Waals surface area (Å²) in [6.07, 6.45) is 2.40. The predicted molar refractivity (Wildman–Crippen MR) is 83.3 cm³/mol. The van der Waals surface area contributed by atoms with E-state index in [0.717, 1.165) is 30.9 Å². The van der Waals surface area contributed by atoms with Crippen LogP contribution < -0.4 is 10.5 Å². The number of likely N-dealkylation sites (tertiary alicyclic amines) is 1. The molecule has 0 amide bonds. The highest BCUT2D eigenvalue weighted by molar-refractivity contribution is 5.55. The van der Waals surface area contributed by atoms with Crippen LogP contribution in [0, 0.1) is 5.92 Å². The van der Waals surface area contributed by atoms with Crippen molar-refractivity contribution in [2.24, 2.45) is 11.7 Å². The number of benzene rings is 1. The summed E-state index contributed by atoms with van der Waals surface area (Å²) in [7, 11) is 1.65. The fraction of sp³-hybridized carbons (Fsp3) is 0.500. The number of hydrogen-bond donors (Lipinski definition) is 1. The molecule has 6 heteroatoms. The molecule has 1 unspecified atom stereocenters. The zero-order valence-electron chi connectivity index (χ0n) is 12.9. The van der Waals surface area contributed by atoms with Crippen LogP contribution in [0.1, 0.15) is 18.7 Å². The van der Waals surface area contributed by atoms with Crippen LogP contribution in [0.5, 0.6) is 5.75 Å². The minimum Gasteiger partial charge on any atom is -0.497 e. The first-order chi connectivity index (χ1) is 10.8. The third-order valence-corrected chi connectivity index (χ3v) is 4.11. The topological polar surface area (TPSA) is 77.4 Å². The van der Waals surface area contributed by atoms with Gasteiger partial charge >= 0.3 is 0 Å². The van der Waals surface area contributed by atoms with Crippen molar-refractivity contribution in [2.45, 2.75) is 19.4 Å². The fourth-order valence-electron chi connectivity index (χ4n) is 2.86. The van der Waals surface area contributed by atoms with Gasteiger partial charge in [0.05, 0.1) is 13.7 Å². The lowest BCUT2D eigenvalue weighted by Crippen LogP contribution is -2.37. The molecule has 2 aromatic rings. The molecule has 1 aromatic heterocycles. The van der Waals surface area contributed by atoms with Crippen LogP contribution in [0.15, 0.2) is 28.8 Å². The van der Waals surface area contributed by atoms with Gasteiger partial charge in [-0.15, -0.1) is 0 Å². The molecule has 2 heterocycles. The molecular weight excluding hydrogens is 280 g/mol. The number of piperidine rings is 1. The van der Waals surface area contributed by atoms with Crippen LogP contribution in [0.25, 0.3) is 11.4 Å². The molecule has 22 heavy (non-hydrogen) atoms. The fourth-order valence-corrected chi connectivity index (χ4v) is 2.86. The first kappa shape index (κ1) is 15.0. The van der Waals surface area contributed by atoms with Gasteiger partial charge in [0.15, 0.2) is 0 Å². The molecule has 0 bridgehead atoms. The summed E-state index contributed by atoms with van der Waals surface area (Å²) in [4.78, 5) is 6.83. The molecule has 0 spiro atoms. The first-order valence-corrected chi connectivity index (χ1v) is 7.68. The predicted octanol–water partition coefficient (Wildman–Crippen LogP) is 1.92. The number of ether oxygens (including phenoxy) is 1. The van der Waals surface area contributed by atoms with Gasteiger partial charge in [-0.1, -0.05) is 5.16 Å². The first-order valence-electron chi connectivity index (χ1n) is 7.68. The molecule has 1 aromatic carbocycles. The van der Waals surface area contributed by atoms with Crippen molar-refractivity contribution in [1.29, 1.82) is 0 Å². The van der Waals surface area contributed by atoms with E-state index >= 15 is 0 Å². The number of methoxy groups -OCH3 is 1. The minimum absolute atomic E-state index is 0.581. The molecular formula is C16H22N4O2. The molecule has 1 aliphatic rings. The quantitative estimate of drug-likeness (QED) is 0.909. The summed E-state index contributed by atoms with van der Waals surface area (Å²) in [5, 5.41) is 4.07. The highest BCUT2D eigenvalue weighted by atomic mass is 16.5. The van der Waals surface area contributed by atoms with E-state index < -0.39 is 0 Å². The summed E-state index contributed by atoms with van der Waals surface area (Å²) in [5.74, 6) is 2.67. The van der Waals surface area contributed by atoms with Gasteiger partial charge in [-0.2, -0.15) is 4.98 Å². The Kier molecular flexibility index (Phi) is 4.70. The molecule has 1 fully saturated rings. The van der Waals surface area contributed by atoms with E-state index in [1.807, 2.05) is 24.3 Å². The number of hydrogen-bond acceptors (Lipinski definition) is 6. The van der Waals surface area contributed by atoms with Crippen LogP contribution in [0.3, 0.4) is 0 Å². The summed E-state index contributed by atoms with van der Waals surface area (Å²) >= 11 is 0. The van der Waals surface area contributed by atoms with Crippen LogP contribution in [0.2, 0.25) is 0 Å². The Morgan fingerprint density at radius 3 is 2.91 bits per heavy atom. The molecule has 1 atom stereocenters. The molecule has 6 nitrogen and oxygen atoms in total. The smallest absolute Gasteiger partial charge is 0.241 e. The van der Waals surface area contributed by atoms with E-state index in [-0.39, 0.29) is 0 Å². The van der Waals surface area contributed by atoms with Gasteiger partial charge in [-0.05, 0) is 56.1 Å². The number of aromatic nitrogens is 2. The molecule has 118 valence electrons. The SMILES string of the molecule is COc1ccc(-c2noc(CN3CCCC(CN)C3)n2)cc1. The molecule has 1 saturated heterocycles. The van der Waals surface area contributed by atoms with Gasteiger partial charge in [-0.25, -0.2) is 0 Å². The highest BCUT2D eigenvalue weighted by Crippen LogP contribution is 2.21. The Morgan fingerprint density at radius 2 is 2.18 bits per heavy atom. The zero-order valence-corrected chi connectivity index (χ0v) is 12.9. The van der Waals surface area contributed by atoms with Crippen LogP contribution >= 0.6 is 0 Å². The maximum Gasteiger partial charge on any atom is 0.241 e. The second-order valence-corrected chi connectivity index (χ2v) is 5.72. The molecule has 2 N–H and O–H groups in total. The molecule has 1 aliphatic heterocycles. The average molecular weight is 302 g/mol. The monoisotopic (exact) mass is 302 g/mol. The lowest BCUT2D eigenvalue weighted by molar-refractivity contribution is 0.153. The van der Waals surface area contributed by atoms with Crippen molar-refractivity contribution in [3.63, 3.8) is 0 Å². The van der Waals surface area contributed by atoms with Gasteiger partial charge in [0.2, 0.25) is 11.7 Å². The Labute approximate surface area is 130 Å². The summed E-state index contributed by atoms with van der Waals surface area (Å²) in [6, 6.07) is 7.64. The van der Waals surface area contributed by atoms with Gasteiger partial charge in [0, 0.05) is 12.1 Å². The third-order valence-electron chi connectivity index (χ3n) is 4.11.